The second-order valence-corrected chi connectivity index (χ2v) is 8.96. The molecule has 0 unspecified atom stereocenters. The molecule has 6 nitrogen and oxygen atoms in total. The van der Waals surface area contributed by atoms with Crippen LogP contribution in [0.3, 0.4) is 0 Å². The minimum absolute atomic E-state index is 0.111. The van der Waals surface area contributed by atoms with Gasteiger partial charge in [0.2, 0.25) is 10.0 Å². The molecule has 1 N–H and O–H groups in total. The van der Waals surface area contributed by atoms with E-state index >= 15 is 0 Å². The van der Waals surface area contributed by atoms with Crippen molar-refractivity contribution in [2.45, 2.75) is 31.1 Å². The Morgan fingerprint density at radius 1 is 1.00 bits per heavy atom. The topological polar surface area (TPSA) is 75.7 Å². The summed E-state index contributed by atoms with van der Waals surface area (Å²) in [5.41, 5.74) is 2.44. The Kier molecular flexibility index (Phi) is 7.41. The van der Waals surface area contributed by atoms with Crippen LogP contribution in [0.2, 0.25) is 0 Å². The van der Waals surface area contributed by atoms with Crippen molar-refractivity contribution in [3.8, 4) is 11.1 Å². The second-order valence-electron chi connectivity index (χ2n) is 7.02. The van der Waals surface area contributed by atoms with Crippen molar-refractivity contribution in [2.75, 3.05) is 32.8 Å². The second kappa shape index (κ2) is 10.0. The lowest BCUT2D eigenvalue weighted by Crippen LogP contribution is -2.27. The highest BCUT2D eigenvalue weighted by Gasteiger charge is 2.26. The van der Waals surface area contributed by atoms with Crippen LogP contribution >= 0.6 is 0 Å². The fourth-order valence-corrected chi connectivity index (χ4v) is 4.85. The van der Waals surface area contributed by atoms with Crippen LogP contribution in [0, 0.1) is 0 Å². The Hall–Kier alpha value is -2.22. The zero-order valence-electron chi connectivity index (χ0n) is 16.8. The van der Waals surface area contributed by atoms with E-state index in [1.54, 1.807) is 28.6 Å². The SMILES string of the molecule is CCOCCCNC(=O)c1ccc(-c2ccc(S(=O)(=O)N3CCCC3)cc2)cc1. The first-order valence-electron chi connectivity index (χ1n) is 10.1. The molecule has 1 aliphatic rings. The highest BCUT2D eigenvalue weighted by molar-refractivity contribution is 7.89. The lowest BCUT2D eigenvalue weighted by atomic mass is 10.0. The highest BCUT2D eigenvalue weighted by Crippen LogP contribution is 2.25. The zero-order chi connectivity index (χ0) is 20.7. The molecule has 3 rings (SSSR count). The number of carbonyl (C=O) groups is 1. The minimum Gasteiger partial charge on any atom is -0.382 e. The van der Waals surface area contributed by atoms with Crippen LogP contribution in [0.15, 0.2) is 53.4 Å². The van der Waals surface area contributed by atoms with Crippen molar-refractivity contribution < 1.29 is 17.9 Å². The summed E-state index contributed by atoms with van der Waals surface area (Å²) in [6, 6.07) is 14.2. The van der Waals surface area contributed by atoms with Gasteiger partial charge in [0, 0.05) is 38.4 Å². The summed E-state index contributed by atoms with van der Waals surface area (Å²) in [6.45, 7) is 5.03. The lowest BCUT2D eigenvalue weighted by Gasteiger charge is -2.15. The molecule has 1 aliphatic heterocycles. The molecule has 1 fully saturated rings. The fourth-order valence-electron chi connectivity index (χ4n) is 3.33. The van der Waals surface area contributed by atoms with Crippen molar-refractivity contribution in [2.24, 2.45) is 0 Å². The number of hydrogen-bond donors (Lipinski definition) is 1. The van der Waals surface area contributed by atoms with Crippen LogP contribution in [0.4, 0.5) is 0 Å². The molecule has 0 radical (unpaired) electrons. The maximum Gasteiger partial charge on any atom is 0.251 e. The maximum absolute atomic E-state index is 12.6. The summed E-state index contributed by atoms with van der Waals surface area (Å²) in [4.78, 5) is 12.5. The van der Waals surface area contributed by atoms with Gasteiger partial charge in [-0.25, -0.2) is 8.42 Å². The molecule has 29 heavy (non-hydrogen) atoms. The van der Waals surface area contributed by atoms with E-state index in [-0.39, 0.29) is 5.91 Å². The molecule has 0 saturated carbocycles. The van der Waals surface area contributed by atoms with Crippen molar-refractivity contribution in [3.05, 3.63) is 54.1 Å². The molecule has 2 aromatic rings. The van der Waals surface area contributed by atoms with Crippen LogP contribution in [-0.4, -0.2) is 51.5 Å². The highest BCUT2D eigenvalue weighted by atomic mass is 32.2. The Balaban J connectivity index is 1.62. The van der Waals surface area contributed by atoms with Crippen LogP contribution in [0.5, 0.6) is 0 Å². The number of sulfonamides is 1. The molecule has 156 valence electrons. The van der Waals surface area contributed by atoms with Gasteiger partial charge in [0.1, 0.15) is 0 Å². The summed E-state index contributed by atoms with van der Waals surface area (Å²) in [5.74, 6) is -0.111. The van der Waals surface area contributed by atoms with E-state index < -0.39 is 10.0 Å². The van der Waals surface area contributed by atoms with Gasteiger partial charge in [0.05, 0.1) is 4.90 Å². The third kappa shape index (κ3) is 5.44. The van der Waals surface area contributed by atoms with Gasteiger partial charge < -0.3 is 10.1 Å². The van der Waals surface area contributed by atoms with Gasteiger partial charge in [-0.2, -0.15) is 4.31 Å². The number of benzene rings is 2. The van der Waals surface area contributed by atoms with Gasteiger partial charge in [-0.3, -0.25) is 4.79 Å². The predicted molar refractivity (Wildman–Crippen MR) is 113 cm³/mol. The summed E-state index contributed by atoms with van der Waals surface area (Å²) in [6.07, 6.45) is 2.62. The zero-order valence-corrected chi connectivity index (χ0v) is 17.6. The molecule has 0 atom stereocenters. The summed E-state index contributed by atoms with van der Waals surface area (Å²) >= 11 is 0. The predicted octanol–water partition coefficient (Wildman–Crippen LogP) is 3.29. The standard InChI is InChI=1S/C22H28N2O4S/c1-2-28-17-5-14-23-22(25)20-8-6-18(7-9-20)19-10-12-21(13-11-19)29(26,27)24-15-3-4-16-24/h6-13H,2-5,14-17H2,1H3,(H,23,25). The van der Waals surface area contributed by atoms with E-state index in [0.717, 1.165) is 30.4 Å². The van der Waals surface area contributed by atoms with Gasteiger partial charge in [-0.15, -0.1) is 0 Å². The van der Waals surface area contributed by atoms with Gasteiger partial charge in [-0.05, 0) is 61.6 Å². The largest absolute Gasteiger partial charge is 0.382 e. The Labute approximate surface area is 172 Å². The summed E-state index contributed by atoms with van der Waals surface area (Å²) < 4.78 is 32.0. The Morgan fingerprint density at radius 3 is 2.17 bits per heavy atom. The van der Waals surface area contributed by atoms with Gasteiger partial charge in [-0.1, -0.05) is 24.3 Å². The number of carbonyl (C=O) groups excluding carboxylic acids is 1. The molecule has 0 spiro atoms. The summed E-state index contributed by atoms with van der Waals surface area (Å²) in [5, 5.41) is 2.88. The molecular weight excluding hydrogens is 388 g/mol. The molecule has 7 heteroatoms. The smallest absolute Gasteiger partial charge is 0.251 e. The molecule has 1 saturated heterocycles. The maximum atomic E-state index is 12.6. The number of rotatable bonds is 9. The van der Waals surface area contributed by atoms with E-state index in [9.17, 15) is 13.2 Å². The van der Waals surface area contributed by atoms with Crippen molar-refractivity contribution in [1.29, 1.82) is 0 Å². The molecule has 0 bridgehead atoms. The van der Waals surface area contributed by atoms with E-state index in [1.807, 2.05) is 31.2 Å². The van der Waals surface area contributed by atoms with Gasteiger partial charge >= 0.3 is 0 Å². The number of hydrogen-bond acceptors (Lipinski definition) is 4. The number of amides is 1. The van der Waals surface area contributed by atoms with E-state index in [2.05, 4.69) is 5.32 Å². The first kappa shape index (κ1) is 21.5. The summed E-state index contributed by atoms with van der Waals surface area (Å²) in [7, 11) is -3.40. The van der Waals surface area contributed by atoms with E-state index in [4.69, 9.17) is 4.74 Å². The Bertz CT molecular complexity index is 903. The van der Waals surface area contributed by atoms with Crippen LogP contribution in [-0.2, 0) is 14.8 Å². The van der Waals surface area contributed by atoms with Crippen LogP contribution in [0.1, 0.15) is 36.5 Å². The normalized spacial score (nSPS) is 14.8. The van der Waals surface area contributed by atoms with Crippen LogP contribution < -0.4 is 5.32 Å². The molecule has 2 aromatic carbocycles. The van der Waals surface area contributed by atoms with Crippen molar-refractivity contribution in [1.82, 2.24) is 9.62 Å². The Morgan fingerprint density at radius 2 is 1.59 bits per heavy atom. The molecular formula is C22H28N2O4S. The quantitative estimate of drug-likeness (QED) is 0.637. The molecule has 1 amide bonds. The number of nitrogens with one attached hydrogen (secondary N) is 1. The average molecular weight is 417 g/mol. The number of nitrogens with zero attached hydrogens (tertiary/aromatic N) is 1. The molecule has 0 aliphatic carbocycles. The minimum atomic E-state index is -3.40. The van der Waals surface area contributed by atoms with E-state index in [0.29, 0.717) is 43.3 Å². The third-order valence-corrected chi connectivity index (χ3v) is 6.91. The lowest BCUT2D eigenvalue weighted by molar-refractivity contribution is 0.0944. The molecule has 0 aromatic heterocycles. The average Bonchev–Trinajstić information content (AvgIpc) is 3.30. The van der Waals surface area contributed by atoms with Crippen molar-refractivity contribution >= 4 is 15.9 Å². The van der Waals surface area contributed by atoms with E-state index in [1.165, 1.54) is 0 Å². The first-order valence-corrected chi connectivity index (χ1v) is 11.5. The van der Waals surface area contributed by atoms with Crippen molar-refractivity contribution in [3.63, 3.8) is 0 Å². The molecule has 1 heterocycles. The number of ether oxygens (including phenoxy) is 1. The van der Waals surface area contributed by atoms with Crippen LogP contribution in [0.25, 0.3) is 11.1 Å². The fraction of sp³-hybridized carbons (Fsp3) is 0.409. The third-order valence-electron chi connectivity index (χ3n) is 4.99. The van der Waals surface area contributed by atoms with Gasteiger partial charge in [0.15, 0.2) is 0 Å². The monoisotopic (exact) mass is 416 g/mol. The van der Waals surface area contributed by atoms with Gasteiger partial charge in [0.25, 0.3) is 5.91 Å². The first-order chi connectivity index (χ1) is 14.0.